The maximum absolute atomic E-state index is 14.2. The number of halogens is 1. The van der Waals surface area contributed by atoms with Crippen LogP contribution in [0.2, 0.25) is 0 Å². The van der Waals surface area contributed by atoms with Gasteiger partial charge in [-0.1, -0.05) is 6.07 Å². The molecule has 6 nitrogen and oxygen atoms in total. The number of hydrogen-bond acceptors (Lipinski definition) is 4. The Kier molecular flexibility index (Phi) is 4.44. The molecule has 0 spiro atoms. The van der Waals surface area contributed by atoms with Gasteiger partial charge >= 0.3 is 12.8 Å². The molecule has 1 N–H and O–H groups in total. The molecule has 0 saturated carbocycles. The van der Waals surface area contributed by atoms with Crippen molar-refractivity contribution in [2.45, 2.75) is 52.4 Å². The smallest absolute Gasteiger partial charge is 0.399 e. The standard InChI is InChI=1S/C18H22BFN2O4/c1-11-9-22(16(24)21-15(11)23)10-12-6-13(8-14(20)7-12)19-25-17(2,3)18(4,5)26-19/h6-9H,10H2,1-5H3,(H,21,23,24). The summed E-state index contributed by atoms with van der Waals surface area (Å²) in [7, 11) is -0.691. The lowest BCUT2D eigenvalue weighted by Gasteiger charge is -2.32. The summed E-state index contributed by atoms with van der Waals surface area (Å²) in [4.78, 5) is 25.7. The minimum absolute atomic E-state index is 0.126. The number of H-pyrrole nitrogens is 1. The fourth-order valence-electron chi connectivity index (χ4n) is 2.81. The number of nitrogens with zero attached hydrogens (tertiary/aromatic N) is 1. The van der Waals surface area contributed by atoms with Gasteiger partial charge in [0, 0.05) is 11.8 Å². The van der Waals surface area contributed by atoms with E-state index in [1.54, 1.807) is 13.0 Å². The van der Waals surface area contributed by atoms with Gasteiger partial charge in [0.1, 0.15) is 5.82 Å². The number of hydrogen-bond donors (Lipinski definition) is 1. The lowest BCUT2D eigenvalue weighted by molar-refractivity contribution is 0.00578. The van der Waals surface area contributed by atoms with Crippen molar-refractivity contribution in [2.75, 3.05) is 0 Å². The van der Waals surface area contributed by atoms with E-state index in [1.165, 1.54) is 22.9 Å². The quantitative estimate of drug-likeness (QED) is 0.839. The molecule has 0 bridgehead atoms. The maximum Gasteiger partial charge on any atom is 0.494 e. The van der Waals surface area contributed by atoms with Crippen LogP contribution in [0, 0.1) is 12.7 Å². The van der Waals surface area contributed by atoms with Crippen LogP contribution in [0.4, 0.5) is 4.39 Å². The van der Waals surface area contributed by atoms with E-state index >= 15 is 0 Å². The molecule has 1 aliphatic heterocycles. The molecule has 3 rings (SSSR count). The van der Waals surface area contributed by atoms with E-state index in [4.69, 9.17) is 9.31 Å². The first kappa shape index (κ1) is 18.6. The number of nitrogens with one attached hydrogen (secondary N) is 1. The zero-order valence-electron chi connectivity index (χ0n) is 15.6. The van der Waals surface area contributed by atoms with Gasteiger partial charge < -0.3 is 9.31 Å². The van der Waals surface area contributed by atoms with Crippen molar-refractivity contribution >= 4 is 12.6 Å². The van der Waals surface area contributed by atoms with E-state index in [2.05, 4.69) is 4.98 Å². The number of benzene rings is 1. The first-order valence-corrected chi connectivity index (χ1v) is 8.44. The van der Waals surface area contributed by atoms with Crippen molar-refractivity contribution in [2.24, 2.45) is 0 Å². The second-order valence-corrected chi connectivity index (χ2v) is 7.68. The van der Waals surface area contributed by atoms with Crippen molar-refractivity contribution in [3.8, 4) is 0 Å². The fraction of sp³-hybridized carbons (Fsp3) is 0.444. The van der Waals surface area contributed by atoms with Gasteiger partial charge in [-0.3, -0.25) is 14.3 Å². The normalized spacial score (nSPS) is 18.3. The molecule has 0 amide bonds. The molecular weight excluding hydrogens is 338 g/mol. The maximum atomic E-state index is 14.2. The molecule has 2 aromatic rings. The molecule has 1 aliphatic rings. The molecule has 0 aliphatic carbocycles. The van der Waals surface area contributed by atoms with Crippen molar-refractivity contribution in [1.82, 2.24) is 9.55 Å². The topological polar surface area (TPSA) is 73.3 Å². The first-order chi connectivity index (χ1) is 12.0. The van der Waals surface area contributed by atoms with Crippen molar-refractivity contribution in [3.05, 3.63) is 62.2 Å². The number of aromatic nitrogens is 2. The highest BCUT2D eigenvalue weighted by Crippen LogP contribution is 2.36. The van der Waals surface area contributed by atoms with Crippen LogP contribution < -0.4 is 16.7 Å². The third kappa shape index (κ3) is 3.39. The first-order valence-electron chi connectivity index (χ1n) is 8.44. The summed E-state index contributed by atoms with van der Waals surface area (Å²) in [5.41, 5.74) is -0.498. The largest absolute Gasteiger partial charge is 0.494 e. The van der Waals surface area contributed by atoms with E-state index in [-0.39, 0.29) is 6.54 Å². The van der Waals surface area contributed by atoms with Crippen LogP contribution in [0.15, 0.2) is 34.0 Å². The van der Waals surface area contributed by atoms with Crippen LogP contribution in [0.25, 0.3) is 0 Å². The molecule has 138 valence electrons. The molecule has 26 heavy (non-hydrogen) atoms. The van der Waals surface area contributed by atoms with Crippen molar-refractivity contribution in [1.29, 1.82) is 0 Å². The number of aryl methyl sites for hydroxylation is 1. The third-order valence-electron chi connectivity index (χ3n) is 5.05. The number of aromatic amines is 1. The molecule has 1 aromatic heterocycles. The SMILES string of the molecule is Cc1cn(Cc2cc(F)cc(B3OC(C)(C)C(C)(C)O3)c2)c(=O)[nH]c1=O. The summed E-state index contributed by atoms with van der Waals surface area (Å²) in [5.74, 6) is -0.443. The summed E-state index contributed by atoms with van der Waals surface area (Å²) in [6.07, 6.45) is 1.46. The Morgan fingerprint density at radius 3 is 2.35 bits per heavy atom. The van der Waals surface area contributed by atoms with E-state index in [0.29, 0.717) is 16.6 Å². The third-order valence-corrected chi connectivity index (χ3v) is 5.05. The van der Waals surface area contributed by atoms with Gasteiger partial charge in [-0.2, -0.15) is 0 Å². The molecule has 0 unspecified atom stereocenters. The number of rotatable bonds is 3. The minimum atomic E-state index is -0.691. The van der Waals surface area contributed by atoms with Gasteiger partial charge in [0.25, 0.3) is 5.56 Å². The Morgan fingerprint density at radius 1 is 1.12 bits per heavy atom. The van der Waals surface area contributed by atoms with E-state index in [9.17, 15) is 14.0 Å². The average molecular weight is 360 g/mol. The van der Waals surface area contributed by atoms with Gasteiger partial charge in [0.05, 0.1) is 17.7 Å². The Labute approximate surface area is 151 Å². The molecular formula is C18H22BFN2O4. The van der Waals surface area contributed by atoms with Crippen molar-refractivity contribution in [3.63, 3.8) is 0 Å². The highest BCUT2D eigenvalue weighted by molar-refractivity contribution is 6.62. The van der Waals surface area contributed by atoms with Gasteiger partial charge in [0.2, 0.25) is 0 Å². The van der Waals surface area contributed by atoms with Gasteiger partial charge in [0.15, 0.2) is 0 Å². The summed E-state index contributed by atoms with van der Waals surface area (Å²) >= 11 is 0. The van der Waals surface area contributed by atoms with E-state index in [0.717, 1.165) is 0 Å². The molecule has 2 heterocycles. The van der Waals surface area contributed by atoms with Crippen LogP contribution in [0.1, 0.15) is 38.8 Å². The average Bonchev–Trinajstić information content (AvgIpc) is 2.72. The monoisotopic (exact) mass is 360 g/mol. The predicted octanol–water partition coefficient (Wildman–Crippen LogP) is 1.33. The Bertz CT molecular complexity index is 948. The fourth-order valence-corrected chi connectivity index (χ4v) is 2.81. The zero-order chi connectivity index (χ0) is 19.3. The lowest BCUT2D eigenvalue weighted by Crippen LogP contribution is -2.41. The molecule has 0 radical (unpaired) electrons. The molecule has 1 fully saturated rings. The zero-order valence-corrected chi connectivity index (χ0v) is 15.6. The summed E-state index contributed by atoms with van der Waals surface area (Å²) in [6, 6.07) is 4.46. The lowest BCUT2D eigenvalue weighted by atomic mass is 9.78. The van der Waals surface area contributed by atoms with Crippen LogP contribution >= 0.6 is 0 Å². The van der Waals surface area contributed by atoms with Crippen molar-refractivity contribution < 1.29 is 13.7 Å². The summed E-state index contributed by atoms with van der Waals surface area (Å²) < 4.78 is 27.4. The summed E-state index contributed by atoms with van der Waals surface area (Å²) in [6.45, 7) is 9.44. The van der Waals surface area contributed by atoms with Gasteiger partial charge in [-0.25, -0.2) is 9.18 Å². The molecule has 1 aromatic carbocycles. The van der Waals surface area contributed by atoms with Gasteiger partial charge in [-0.05, 0) is 57.8 Å². The molecule has 0 atom stereocenters. The molecule has 8 heteroatoms. The Morgan fingerprint density at radius 2 is 1.73 bits per heavy atom. The van der Waals surface area contributed by atoms with Gasteiger partial charge in [-0.15, -0.1) is 0 Å². The van der Waals surface area contributed by atoms with Crippen LogP contribution in [0.3, 0.4) is 0 Å². The van der Waals surface area contributed by atoms with Crippen LogP contribution in [-0.2, 0) is 15.9 Å². The van der Waals surface area contributed by atoms with E-state index in [1.807, 2.05) is 27.7 Å². The second kappa shape index (κ2) is 6.21. The highest BCUT2D eigenvalue weighted by Gasteiger charge is 2.51. The van der Waals surface area contributed by atoms with Crippen LogP contribution in [0.5, 0.6) is 0 Å². The second-order valence-electron chi connectivity index (χ2n) is 7.68. The van der Waals surface area contributed by atoms with Crippen LogP contribution in [-0.4, -0.2) is 27.9 Å². The minimum Gasteiger partial charge on any atom is -0.399 e. The highest BCUT2D eigenvalue weighted by atomic mass is 19.1. The Hall–Kier alpha value is -2.19. The summed E-state index contributed by atoms with van der Waals surface area (Å²) in [5, 5.41) is 0. The predicted molar refractivity (Wildman–Crippen MR) is 97.3 cm³/mol. The Balaban J connectivity index is 1.94. The van der Waals surface area contributed by atoms with E-state index < -0.39 is 35.4 Å². The molecule has 1 saturated heterocycles.